The number of hydrogen-bond acceptors (Lipinski definition) is 3. The molecule has 2 nitrogen and oxygen atoms in total. The van der Waals surface area contributed by atoms with Gasteiger partial charge in [-0.1, -0.05) is 27.7 Å². The first kappa shape index (κ1) is 13.5. The normalized spacial score (nSPS) is 13.9. The number of rotatable bonds is 3. The van der Waals surface area contributed by atoms with Crippen molar-refractivity contribution in [2.45, 2.75) is 56.9 Å². The standard InChI is InChI=1S/C13H22N2S/c1-6-11(14)10-8-15-12(7-9(10)2)16-13(3,4)5/h7-8,11H,6,14H2,1-5H3. The number of nitrogens with zero attached hydrogens (tertiary/aromatic N) is 1. The molecule has 0 aliphatic carbocycles. The van der Waals surface area contributed by atoms with Gasteiger partial charge < -0.3 is 5.73 Å². The summed E-state index contributed by atoms with van der Waals surface area (Å²) in [6.45, 7) is 10.8. The highest BCUT2D eigenvalue weighted by molar-refractivity contribution is 8.00. The van der Waals surface area contributed by atoms with E-state index in [1.807, 2.05) is 6.20 Å². The summed E-state index contributed by atoms with van der Waals surface area (Å²) in [6, 6.07) is 2.25. The van der Waals surface area contributed by atoms with E-state index < -0.39 is 0 Å². The number of thioether (sulfide) groups is 1. The molecule has 0 saturated heterocycles. The van der Waals surface area contributed by atoms with Gasteiger partial charge in [-0.25, -0.2) is 4.98 Å². The highest BCUT2D eigenvalue weighted by Crippen LogP contribution is 2.31. The number of hydrogen-bond donors (Lipinski definition) is 1. The first-order chi connectivity index (χ1) is 7.33. The van der Waals surface area contributed by atoms with Crippen LogP contribution in [0.4, 0.5) is 0 Å². The maximum absolute atomic E-state index is 6.03. The van der Waals surface area contributed by atoms with Gasteiger partial charge in [-0.05, 0) is 30.5 Å². The summed E-state index contributed by atoms with van der Waals surface area (Å²) < 4.78 is 0.202. The fraction of sp³-hybridized carbons (Fsp3) is 0.615. The van der Waals surface area contributed by atoms with Crippen LogP contribution in [0.2, 0.25) is 0 Å². The molecule has 1 aromatic heterocycles. The number of nitrogens with two attached hydrogens (primary N) is 1. The van der Waals surface area contributed by atoms with Crippen LogP contribution in [0, 0.1) is 6.92 Å². The Bertz CT molecular complexity index is 355. The summed E-state index contributed by atoms with van der Waals surface area (Å²) in [7, 11) is 0. The molecule has 0 radical (unpaired) electrons. The van der Waals surface area contributed by atoms with E-state index in [0.29, 0.717) is 0 Å². The molecule has 0 fully saturated rings. The monoisotopic (exact) mass is 238 g/mol. The van der Waals surface area contributed by atoms with E-state index in [9.17, 15) is 0 Å². The zero-order chi connectivity index (χ0) is 12.3. The largest absolute Gasteiger partial charge is 0.324 e. The van der Waals surface area contributed by atoms with Crippen LogP contribution in [-0.4, -0.2) is 9.73 Å². The predicted octanol–water partition coefficient (Wildman–Crippen LogP) is 3.69. The molecule has 1 unspecified atom stereocenters. The average molecular weight is 238 g/mol. The van der Waals surface area contributed by atoms with Crippen LogP contribution in [0.15, 0.2) is 17.3 Å². The highest BCUT2D eigenvalue weighted by Gasteiger charge is 2.14. The minimum Gasteiger partial charge on any atom is -0.324 e. The topological polar surface area (TPSA) is 38.9 Å². The van der Waals surface area contributed by atoms with Crippen molar-refractivity contribution in [3.8, 4) is 0 Å². The molecule has 0 spiro atoms. The van der Waals surface area contributed by atoms with Gasteiger partial charge in [0.15, 0.2) is 0 Å². The average Bonchev–Trinajstić information content (AvgIpc) is 2.14. The SMILES string of the molecule is CCC(N)c1cnc(SC(C)(C)C)cc1C. The molecule has 1 heterocycles. The lowest BCUT2D eigenvalue weighted by molar-refractivity contribution is 0.687. The van der Waals surface area contributed by atoms with E-state index in [1.54, 1.807) is 11.8 Å². The summed E-state index contributed by atoms with van der Waals surface area (Å²) in [5.74, 6) is 0. The molecular formula is C13H22N2S. The third-order valence-electron chi connectivity index (χ3n) is 2.38. The molecule has 0 saturated carbocycles. The second kappa shape index (κ2) is 5.19. The molecule has 0 aliphatic rings. The maximum Gasteiger partial charge on any atom is 0.0967 e. The number of pyridine rings is 1. The van der Waals surface area contributed by atoms with Crippen molar-refractivity contribution < 1.29 is 0 Å². The molecule has 1 rings (SSSR count). The maximum atomic E-state index is 6.03. The summed E-state index contributed by atoms with van der Waals surface area (Å²) >= 11 is 1.79. The zero-order valence-electron chi connectivity index (χ0n) is 10.9. The minimum atomic E-state index is 0.112. The van der Waals surface area contributed by atoms with Gasteiger partial charge >= 0.3 is 0 Å². The predicted molar refractivity (Wildman–Crippen MR) is 71.8 cm³/mol. The molecular weight excluding hydrogens is 216 g/mol. The number of aromatic nitrogens is 1. The minimum absolute atomic E-state index is 0.112. The van der Waals surface area contributed by atoms with Gasteiger partial charge in [0.1, 0.15) is 0 Å². The van der Waals surface area contributed by atoms with Crippen LogP contribution in [0.1, 0.15) is 51.3 Å². The second-order valence-electron chi connectivity index (χ2n) is 5.11. The summed E-state index contributed by atoms with van der Waals surface area (Å²) in [5.41, 5.74) is 8.44. The van der Waals surface area contributed by atoms with Gasteiger partial charge in [-0.2, -0.15) is 0 Å². The summed E-state index contributed by atoms with van der Waals surface area (Å²) in [6.07, 6.45) is 2.88. The van der Waals surface area contributed by atoms with Crippen molar-refractivity contribution in [3.63, 3.8) is 0 Å². The quantitative estimate of drug-likeness (QED) is 0.816. The molecule has 1 atom stereocenters. The van der Waals surface area contributed by atoms with Crippen molar-refractivity contribution >= 4 is 11.8 Å². The molecule has 16 heavy (non-hydrogen) atoms. The van der Waals surface area contributed by atoms with Crippen LogP contribution < -0.4 is 5.73 Å². The Labute approximate surface area is 103 Å². The third kappa shape index (κ3) is 3.80. The summed E-state index contributed by atoms with van der Waals surface area (Å²) in [5, 5.41) is 1.08. The molecule has 2 N–H and O–H groups in total. The van der Waals surface area contributed by atoms with Crippen LogP contribution >= 0.6 is 11.8 Å². The first-order valence-corrected chi connectivity index (χ1v) is 6.56. The molecule has 0 amide bonds. The van der Waals surface area contributed by atoms with E-state index >= 15 is 0 Å². The van der Waals surface area contributed by atoms with Crippen LogP contribution in [0.3, 0.4) is 0 Å². The van der Waals surface area contributed by atoms with Crippen molar-refractivity contribution in [3.05, 3.63) is 23.4 Å². The van der Waals surface area contributed by atoms with Gasteiger partial charge in [-0.15, -0.1) is 11.8 Å². The van der Waals surface area contributed by atoms with Gasteiger partial charge in [-0.3, -0.25) is 0 Å². The van der Waals surface area contributed by atoms with Crippen LogP contribution in [0.5, 0.6) is 0 Å². The van der Waals surface area contributed by atoms with E-state index in [-0.39, 0.29) is 10.8 Å². The van der Waals surface area contributed by atoms with E-state index in [2.05, 4.69) is 45.7 Å². The van der Waals surface area contributed by atoms with Crippen molar-refractivity contribution in [2.24, 2.45) is 5.73 Å². The second-order valence-corrected chi connectivity index (χ2v) is 6.96. The van der Waals surface area contributed by atoms with Crippen molar-refractivity contribution in [1.29, 1.82) is 0 Å². The molecule has 3 heteroatoms. The van der Waals surface area contributed by atoms with E-state index in [1.165, 1.54) is 11.1 Å². The third-order valence-corrected chi connectivity index (χ3v) is 3.42. The van der Waals surface area contributed by atoms with Gasteiger partial charge in [0.05, 0.1) is 5.03 Å². The smallest absolute Gasteiger partial charge is 0.0967 e. The Hall–Kier alpha value is -0.540. The fourth-order valence-corrected chi connectivity index (χ4v) is 2.49. The van der Waals surface area contributed by atoms with Gasteiger partial charge in [0.2, 0.25) is 0 Å². The number of aryl methyl sites for hydroxylation is 1. The first-order valence-electron chi connectivity index (χ1n) is 5.74. The fourth-order valence-electron chi connectivity index (χ4n) is 1.52. The van der Waals surface area contributed by atoms with Crippen LogP contribution in [0.25, 0.3) is 0 Å². The van der Waals surface area contributed by atoms with Gasteiger partial charge in [0.25, 0.3) is 0 Å². The van der Waals surface area contributed by atoms with Crippen LogP contribution in [-0.2, 0) is 0 Å². The Morgan fingerprint density at radius 1 is 1.44 bits per heavy atom. The molecule has 0 aliphatic heterocycles. The lowest BCUT2D eigenvalue weighted by Crippen LogP contribution is -2.12. The Morgan fingerprint density at radius 2 is 2.06 bits per heavy atom. The van der Waals surface area contributed by atoms with Crippen molar-refractivity contribution in [1.82, 2.24) is 4.98 Å². The van der Waals surface area contributed by atoms with Crippen molar-refractivity contribution in [2.75, 3.05) is 0 Å². The molecule has 0 aromatic carbocycles. The molecule has 0 bridgehead atoms. The lowest BCUT2D eigenvalue weighted by Gasteiger charge is -2.18. The van der Waals surface area contributed by atoms with Gasteiger partial charge in [0, 0.05) is 17.0 Å². The Balaban J connectivity index is 2.91. The van der Waals surface area contributed by atoms with E-state index in [0.717, 1.165) is 11.4 Å². The molecule has 1 aromatic rings. The van der Waals surface area contributed by atoms with E-state index in [4.69, 9.17) is 5.73 Å². The Kier molecular flexibility index (Phi) is 4.39. The Morgan fingerprint density at radius 3 is 2.50 bits per heavy atom. The lowest BCUT2D eigenvalue weighted by atomic mass is 10.0. The summed E-state index contributed by atoms with van der Waals surface area (Å²) in [4.78, 5) is 4.48. The zero-order valence-corrected chi connectivity index (χ0v) is 11.7. The highest BCUT2D eigenvalue weighted by atomic mass is 32.2. The molecule has 90 valence electrons.